The van der Waals surface area contributed by atoms with Crippen molar-refractivity contribution in [1.29, 1.82) is 0 Å². The van der Waals surface area contributed by atoms with Crippen LogP contribution in [0.2, 0.25) is 0 Å². The van der Waals surface area contributed by atoms with Crippen LogP contribution in [0.4, 0.5) is 0 Å². The molecule has 4 nitrogen and oxygen atoms in total. The number of methoxy groups -OCH3 is 1. The van der Waals surface area contributed by atoms with E-state index in [4.69, 9.17) is 9.47 Å². The summed E-state index contributed by atoms with van der Waals surface area (Å²) in [5.41, 5.74) is 2.27. The van der Waals surface area contributed by atoms with Gasteiger partial charge in [-0.1, -0.05) is 26.3 Å². The summed E-state index contributed by atoms with van der Waals surface area (Å²) in [4.78, 5) is 16.3. The maximum Gasteiger partial charge on any atom is 0.179 e. The highest BCUT2D eigenvalue weighted by molar-refractivity contribution is 5.93. The topological polar surface area (TPSA) is 38.8 Å². The Bertz CT molecular complexity index is 858. The van der Waals surface area contributed by atoms with Gasteiger partial charge >= 0.3 is 0 Å². The van der Waals surface area contributed by atoms with Gasteiger partial charge in [-0.2, -0.15) is 0 Å². The molecule has 0 amide bonds. The zero-order chi connectivity index (χ0) is 19.3. The van der Waals surface area contributed by atoms with Crippen LogP contribution in [-0.4, -0.2) is 43.0 Å². The number of ketones is 1. The summed E-state index contributed by atoms with van der Waals surface area (Å²) in [6.45, 7) is 6.61. The predicted octanol–water partition coefficient (Wildman–Crippen LogP) is 3.74. The van der Waals surface area contributed by atoms with Gasteiger partial charge in [0.15, 0.2) is 23.4 Å². The molecule has 2 aliphatic heterocycles. The van der Waals surface area contributed by atoms with Crippen LogP contribution in [0.1, 0.15) is 57.1 Å². The molecule has 0 N–H and O–H groups in total. The van der Waals surface area contributed by atoms with E-state index in [1.807, 2.05) is 6.07 Å². The molecule has 150 valence electrons. The first-order valence-electron chi connectivity index (χ1n) is 11.1. The fraction of sp³-hybridized carbons (Fsp3) is 0.708. The number of rotatable bonds is 3. The smallest absolute Gasteiger partial charge is 0.179 e. The second-order valence-electron chi connectivity index (χ2n) is 10.5. The third kappa shape index (κ3) is 1.98. The lowest BCUT2D eigenvalue weighted by atomic mass is 9.47. The first kappa shape index (κ1) is 17.3. The van der Waals surface area contributed by atoms with Crippen molar-refractivity contribution < 1.29 is 14.3 Å². The van der Waals surface area contributed by atoms with Crippen LogP contribution in [0, 0.1) is 17.3 Å². The summed E-state index contributed by atoms with van der Waals surface area (Å²) in [6, 6.07) is 4.83. The van der Waals surface area contributed by atoms with Crippen molar-refractivity contribution in [3.8, 4) is 11.5 Å². The van der Waals surface area contributed by atoms with Crippen LogP contribution in [0.15, 0.2) is 12.1 Å². The molecule has 1 saturated heterocycles. The first-order chi connectivity index (χ1) is 13.5. The first-order valence-corrected chi connectivity index (χ1v) is 11.1. The van der Waals surface area contributed by atoms with Crippen LogP contribution in [-0.2, 0) is 16.6 Å². The Balaban J connectivity index is 1.51. The minimum atomic E-state index is -0.333. The van der Waals surface area contributed by atoms with Gasteiger partial charge in [-0.15, -0.1) is 0 Å². The lowest BCUT2D eigenvalue weighted by molar-refractivity contribution is -0.153. The number of piperidine rings is 1. The van der Waals surface area contributed by atoms with Crippen LogP contribution >= 0.6 is 0 Å². The second kappa shape index (κ2) is 5.53. The van der Waals surface area contributed by atoms with E-state index in [9.17, 15) is 4.79 Å². The van der Waals surface area contributed by atoms with Crippen molar-refractivity contribution in [3.63, 3.8) is 0 Å². The molecule has 2 heterocycles. The number of benzene rings is 1. The van der Waals surface area contributed by atoms with Gasteiger partial charge in [0.05, 0.1) is 7.11 Å². The highest BCUT2D eigenvalue weighted by Gasteiger charge is 2.69. The Hall–Kier alpha value is -1.55. The van der Waals surface area contributed by atoms with E-state index in [0.717, 1.165) is 43.2 Å². The fourth-order valence-electron chi connectivity index (χ4n) is 7.17. The zero-order valence-electron chi connectivity index (χ0n) is 17.3. The van der Waals surface area contributed by atoms with Crippen molar-refractivity contribution in [3.05, 3.63) is 23.3 Å². The lowest BCUT2D eigenvalue weighted by Crippen LogP contribution is -2.69. The average molecular weight is 382 g/mol. The van der Waals surface area contributed by atoms with Gasteiger partial charge in [0.25, 0.3) is 0 Å². The summed E-state index contributed by atoms with van der Waals surface area (Å²) >= 11 is 0. The molecule has 4 heteroatoms. The molecule has 6 rings (SSSR count). The molecule has 1 spiro atoms. The van der Waals surface area contributed by atoms with Gasteiger partial charge in [-0.05, 0) is 62.1 Å². The van der Waals surface area contributed by atoms with Crippen LogP contribution in [0.3, 0.4) is 0 Å². The molecule has 28 heavy (non-hydrogen) atoms. The molecule has 4 atom stereocenters. The molecule has 5 aliphatic rings. The quantitative estimate of drug-likeness (QED) is 0.800. The molecule has 0 radical (unpaired) electrons. The van der Waals surface area contributed by atoms with E-state index < -0.39 is 0 Å². The van der Waals surface area contributed by atoms with Crippen LogP contribution < -0.4 is 9.47 Å². The normalized spacial score (nSPS) is 37.8. The number of hydrogen-bond donors (Lipinski definition) is 0. The van der Waals surface area contributed by atoms with Crippen LogP contribution in [0.5, 0.6) is 11.5 Å². The van der Waals surface area contributed by atoms with Gasteiger partial charge in [-0.25, -0.2) is 0 Å². The number of likely N-dealkylation sites (tertiary alicyclic amines) is 1. The molecular formula is C24H31NO3. The SMILES string of the molecule is COc1ccc2c3c1O[C@H]1C(=O)C(C)(C)C[C@H]4[C@@H](C2)N(CC2CCC2)CC[C@]314. The largest absolute Gasteiger partial charge is 0.493 e. The number of ether oxygens (including phenoxy) is 2. The van der Waals surface area contributed by atoms with Gasteiger partial charge in [-0.3, -0.25) is 9.69 Å². The fourth-order valence-corrected chi connectivity index (χ4v) is 7.17. The molecule has 0 unspecified atom stereocenters. The standard InChI is InChI=1S/C24H31NO3/c1-23(2)12-16-17-11-15-7-8-18(27-3)20-19(15)24(16,22(28-20)21(23)26)9-10-25(17)13-14-5-4-6-14/h7-8,14,16-17,22H,4-6,9-13H2,1-3H3/t16-,17+,22-,24-/m0/s1. The molecular weight excluding hydrogens is 350 g/mol. The molecule has 3 aliphatic carbocycles. The zero-order valence-corrected chi connectivity index (χ0v) is 17.3. The predicted molar refractivity (Wildman–Crippen MR) is 107 cm³/mol. The van der Waals surface area contributed by atoms with Crippen molar-refractivity contribution in [2.75, 3.05) is 20.2 Å². The van der Waals surface area contributed by atoms with E-state index in [1.165, 1.54) is 36.9 Å². The minimum Gasteiger partial charge on any atom is -0.493 e. The number of carbonyl (C=O) groups is 1. The molecule has 2 saturated carbocycles. The molecule has 1 aromatic carbocycles. The number of hydrogen-bond acceptors (Lipinski definition) is 4. The Kier molecular flexibility index (Phi) is 3.42. The van der Waals surface area contributed by atoms with E-state index in [1.54, 1.807) is 7.11 Å². The number of Topliss-reactive ketones (excluding diaryl/α,β-unsaturated/α-hetero) is 1. The summed E-state index contributed by atoms with van der Waals surface area (Å²) in [5.74, 6) is 3.34. The summed E-state index contributed by atoms with van der Waals surface area (Å²) in [7, 11) is 1.71. The third-order valence-corrected chi connectivity index (χ3v) is 8.79. The second-order valence-corrected chi connectivity index (χ2v) is 10.5. The minimum absolute atomic E-state index is 0.134. The maximum absolute atomic E-state index is 13.5. The Morgan fingerprint density at radius 1 is 1.29 bits per heavy atom. The monoisotopic (exact) mass is 381 g/mol. The van der Waals surface area contributed by atoms with E-state index in [2.05, 4.69) is 24.8 Å². The summed E-state index contributed by atoms with van der Waals surface area (Å²) < 4.78 is 12.2. The van der Waals surface area contributed by atoms with Gasteiger partial charge in [0.1, 0.15) is 0 Å². The maximum atomic E-state index is 13.5. The lowest BCUT2D eigenvalue weighted by Gasteiger charge is -2.60. The summed E-state index contributed by atoms with van der Waals surface area (Å²) in [5, 5.41) is 0. The van der Waals surface area contributed by atoms with Gasteiger partial charge < -0.3 is 9.47 Å². The van der Waals surface area contributed by atoms with Crippen molar-refractivity contribution in [2.45, 2.75) is 69.9 Å². The van der Waals surface area contributed by atoms with Crippen LogP contribution in [0.25, 0.3) is 0 Å². The molecule has 2 bridgehead atoms. The molecule has 1 aromatic rings. The third-order valence-electron chi connectivity index (χ3n) is 8.79. The highest BCUT2D eigenvalue weighted by atomic mass is 16.5. The van der Waals surface area contributed by atoms with Crippen molar-refractivity contribution in [1.82, 2.24) is 4.90 Å². The summed E-state index contributed by atoms with van der Waals surface area (Å²) in [6.07, 6.45) is 6.97. The number of nitrogens with zero attached hydrogens (tertiary/aromatic N) is 1. The van der Waals surface area contributed by atoms with E-state index in [0.29, 0.717) is 17.7 Å². The Morgan fingerprint density at radius 3 is 2.82 bits per heavy atom. The van der Waals surface area contributed by atoms with E-state index >= 15 is 0 Å². The Morgan fingerprint density at radius 2 is 2.11 bits per heavy atom. The number of carbonyl (C=O) groups excluding carboxylic acids is 1. The average Bonchev–Trinajstić information content (AvgIpc) is 2.97. The molecule has 0 aromatic heterocycles. The highest BCUT2D eigenvalue weighted by Crippen LogP contribution is 2.65. The molecule has 3 fully saturated rings. The van der Waals surface area contributed by atoms with Crippen molar-refractivity contribution >= 4 is 5.78 Å². The van der Waals surface area contributed by atoms with Gasteiger partial charge in [0.2, 0.25) is 0 Å². The van der Waals surface area contributed by atoms with E-state index in [-0.39, 0.29) is 16.9 Å². The van der Waals surface area contributed by atoms with Crippen molar-refractivity contribution in [2.24, 2.45) is 17.3 Å². The van der Waals surface area contributed by atoms with Gasteiger partial charge in [0, 0.05) is 29.0 Å². The Labute approximate surface area is 167 Å².